The first-order valence-electron chi connectivity index (χ1n) is 9.89. The zero-order valence-corrected chi connectivity index (χ0v) is 19.6. The molecule has 0 bridgehead atoms. The predicted molar refractivity (Wildman–Crippen MR) is 125 cm³/mol. The lowest BCUT2D eigenvalue weighted by atomic mass is 10.3. The second-order valence-corrected chi connectivity index (χ2v) is 9.50. The predicted octanol–water partition coefficient (Wildman–Crippen LogP) is 4.92. The lowest BCUT2D eigenvalue weighted by Crippen LogP contribution is -2.38. The number of para-hydroxylation sites is 1. The van der Waals surface area contributed by atoms with Crippen LogP contribution in [-0.4, -0.2) is 33.7 Å². The van der Waals surface area contributed by atoms with E-state index in [-0.39, 0.29) is 10.6 Å². The van der Waals surface area contributed by atoms with Gasteiger partial charge in [0.05, 0.1) is 17.2 Å². The molecule has 0 spiro atoms. The Morgan fingerprint density at radius 3 is 2.15 bits per heavy atom. The molecule has 0 unspecified atom stereocenters. The molecule has 0 heterocycles. The van der Waals surface area contributed by atoms with Crippen LogP contribution in [0.1, 0.15) is 6.92 Å². The van der Waals surface area contributed by atoms with Gasteiger partial charge in [-0.05, 0) is 73.8 Å². The number of hydrogen-bond donors (Lipinski definition) is 1. The van der Waals surface area contributed by atoms with Crippen molar-refractivity contribution < 1.29 is 26.7 Å². The van der Waals surface area contributed by atoms with Gasteiger partial charge in [-0.25, -0.2) is 17.2 Å². The number of nitrogens with zero attached hydrogens (tertiary/aromatic N) is 1. The summed E-state index contributed by atoms with van der Waals surface area (Å²) in [6.07, 6.45) is 1.86. The van der Waals surface area contributed by atoms with Gasteiger partial charge in [-0.1, -0.05) is 6.07 Å². The zero-order valence-electron chi connectivity index (χ0n) is 17.9. The molecule has 0 atom stereocenters. The Balaban J connectivity index is 1.96. The molecule has 1 N–H and O–H groups in total. The maximum Gasteiger partial charge on any atom is 0.264 e. The summed E-state index contributed by atoms with van der Waals surface area (Å²) in [4.78, 5) is 13.5. The molecule has 1 amide bonds. The monoisotopic (exact) mass is 492 g/mol. The molecule has 0 aliphatic carbocycles. The van der Waals surface area contributed by atoms with E-state index in [1.165, 1.54) is 36.0 Å². The fourth-order valence-corrected chi connectivity index (χ4v) is 4.82. The minimum atomic E-state index is -4.18. The number of anilines is 2. The molecule has 3 aromatic rings. The number of hydrogen-bond acceptors (Lipinski definition) is 5. The van der Waals surface area contributed by atoms with Crippen molar-refractivity contribution in [3.63, 3.8) is 0 Å². The van der Waals surface area contributed by atoms with Crippen LogP contribution in [0.4, 0.5) is 20.2 Å². The third-order valence-corrected chi connectivity index (χ3v) is 7.13. The van der Waals surface area contributed by atoms with Gasteiger partial charge in [0, 0.05) is 4.90 Å². The number of rotatable bonds is 9. The highest BCUT2D eigenvalue weighted by atomic mass is 32.2. The van der Waals surface area contributed by atoms with Crippen LogP contribution in [0, 0.1) is 11.6 Å². The summed E-state index contributed by atoms with van der Waals surface area (Å²) in [5, 5.41) is 2.13. The Morgan fingerprint density at radius 1 is 1.00 bits per heavy atom. The first-order chi connectivity index (χ1) is 15.8. The van der Waals surface area contributed by atoms with E-state index in [4.69, 9.17) is 4.74 Å². The Morgan fingerprint density at radius 2 is 1.61 bits per heavy atom. The van der Waals surface area contributed by atoms with E-state index in [9.17, 15) is 22.0 Å². The summed E-state index contributed by atoms with van der Waals surface area (Å²) >= 11 is 1.46. The molecule has 0 saturated heterocycles. The Labute approximate surface area is 195 Å². The standard InChI is InChI=1S/C23H22F2N2O4S2/c1-3-31-17-9-7-16(8-10-17)27(33(29,30)19-13-11-18(32-2)12-14-19)15-22(28)26-23-20(24)5-4-6-21(23)25/h4-14H,3,15H2,1-2H3,(H,26,28). The van der Waals surface area contributed by atoms with Gasteiger partial charge in [0.2, 0.25) is 5.91 Å². The highest BCUT2D eigenvalue weighted by Gasteiger charge is 2.28. The maximum absolute atomic E-state index is 14.0. The maximum atomic E-state index is 14.0. The highest BCUT2D eigenvalue weighted by Crippen LogP contribution is 2.27. The Kier molecular flexibility index (Phi) is 7.93. The minimum Gasteiger partial charge on any atom is -0.494 e. The smallest absolute Gasteiger partial charge is 0.264 e. The van der Waals surface area contributed by atoms with Crippen molar-refractivity contribution in [2.75, 3.05) is 29.0 Å². The molecule has 0 radical (unpaired) electrons. The van der Waals surface area contributed by atoms with Crippen LogP contribution in [0.15, 0.2) is 76.5 Å². The Hall–Kier alpha value is -3.11. The van der Waals surface area contributed by atoms with Gasteiger partial charge in [-0.3, -0.25) is 9.10 Å². The van der Waals surface area contributed by atoms with E-state index in [2.05, 4.69) is 5.32 Å². The molecule has 0 aromatic heterocycles. The average Bonchev–Trinajstić information content (AvgIpc) is 2.81. The number of carbonyl (C=O) groups is 1. The summed E-state index contributed by atoms with van der Waals surface area (Å²) in [6, 6.07) is 15.5. The highest BCUT2D eigenvalue weighted by molar-refractivity contribution is 7.98. The number of halogens is 2. The number of benzene rings is 3. The molecular weight excluding hydrogens is 470 g/mol. The van der Waals surface area contributed by atoms with Crippen molar-refractivity contribution in [2.24, 2.45) is 0 Å². The number of nitrogens with one attached hydrogen (secondary N) is 1. The third-order valence-electron chi connectivity index (χ3n) is 4.60. The van der Waals surface area contributed by atoms with Crippen LogP contribution in [0.2, 0.25) is 0 Å². The molecule has 3 rings (SSSR count). The first-order valence-corrected chi connectivity index (χ1v) is 12.6. The number of amides is 1. The molecule has 33 heavy (non-hydrogen) atoms. The number of carbonyl (C=O) groups excluding carboxylic acids is 1. The van der Waals surface area contributed by atoms with Crippen molar-refractivity contribution in [1.29, 1.82) is 0 Å². The van der Waals surface area contributed by atoms with Crippen molar-refractivity contribution in [2.45, 2.75) is 16.7 Å². The molecule has 10 heteroatoms. The summed E-state index contributed by atoms with van der Waals surface area (Å²) in [7, 11) is -4.18. The molecule has 3 aromatic carbocycles. The second kappa shape index (κ2) is 10.7. The van der Waals surface area contributed by atoms with E-state index in [1.807, 2.05) is 13.2 Å². The second-order valence-electron chi connectivity index (χ2n) is 6.76. The minimum absolute atomic E-state index is 0.0287. The zero-order chi connectivity index (χ0) is 24.0. The summed E-state index contributed by atoms with van der Waals surface area (Å²) in [5.74, 6) is -2.31. The van der Waals surface area contributed by atoms with Gasteiger partial charge in [0.15, 0.2) is 0 Å². The van der Waals surface area contributed by atoms with Gasteiger partial charge in [0.1, 0.15) is 29.6 Å². The first kappa shape index (κ1) is 24.5. The normalized spacial score (nSPS) is 11.2. The van der Waals surface area contributed by atoms with Gasteiger partial charge in [-0.2, -0.15) is 0 Å². The summed E-state index contributed by atoms with van der Waals surface area (Å²) in [5.41, 5.74) is -0.451. The average molecular weight is 493 g/mol. The van der Waals surface area contributed by atoms with Gasteiger partial charge >= 0.3 is 0 Å². The van der Waals surface area contributed by atoms with Crippen molar-refractivity contribution in [3.8, 4) is 5.75 Å². The fourth-order valence-electron chi connectivity index (χ4n) is 2.99. The van der Waals surface area contributed by atoms with Crippen LogP contribution in [0.3, 0.4) is 0 Å². The number of sulfonamides is 1. The van der Waals surface area contributed by atoms with Gasteiger partial charge < -0.3 is 10.1 Å². The molecule has 174 valence electrons. The van der Waals surface area contributed by atoms with Crippen molar-refractivity contribution in [1.82, 2.24) is 0 Å². The van der Waals surface area contributed by atoms with Gasteiger partial charge in [-0.15, -0.1) is 11.8 Å². The van der Waals surface area contributed by atoms with Crippen LogP contribution >= 0.6 is 11.8 Å². The topological polar surface area (TPSA) is 75.7 Å². The Bertz CT molecular complexity index is 1200. The molecular formula is C23H22F2N2O4S2. The lowest BCUT2D eigenvalue weighted by molar-refractivity contribution is -0.114. The van der Waals surface area contributed by atoms with E-state index in [1.54, 1.807) is 24.3 Å². The van der Waals surface area contributed by atoms with E-state index in [0.717, 1.165) is 27.4 Å². The number of ether oxygens (including phenoxy) is 1. The molecule has 0 aliphatic heterocycles. The van der Waals surface area contributed by atoms with Crippen LogP contribution in [-0.2, 0) is 14.8 Å². The largest absolute Gasteiger partial charge is 0.494 e. The quantitative estimate of drug-likeness (QED) is 0.429. The summed E-state index contributed by atoms with van der Waals surface area (Å²) in [6.45, 7) is 1.54. The van der Waals surface area contributed by atoms with Crippen molar-refractivity contribution in [3.05, 3.63) is 78.4 Å². The molecule has 0 saturated carbocycles. The van der Waals surface area contributed by atoms with E-state index < -0.39 is 39.8 Å². The van der Waals surface area contributed by atoms with E-state index in [0.29, 0.717) is 12.4 Å². The number of thioether (sulfide) groups is 1. The third kappa shape index (κ3) is 5.82. The van der Waals surface area contributed by atoms with Crippen LogP contribution in [0.5, 0.6) is 5.75 Å². The van der Waals surface area contributed by atoms with E-state index >= 15 is 0 Å². The van der Waals surface area contributed by atoms with Crippen LogP contribution in [0.25, 0.3) is 0 Å². The summed E-state index contributed by atoms with van der Waals surface area (Å²) < 4.78 is 61.0. The molecule has 0 fully saturated rings. The molecule has 0 aliphatic rings. The van der Waals surface area contributed by atoms with Crippen LogP contribution < -0.4 is 14.4 Å². The lowest BCUT2D eigenvalue weighted by Gasteiger charge is -2.24. The SMILES string of the molecule is CCOc1ccc(N(CC(=O)Nc2c(F)cccc2F)S(=O)(=O)c2ccc(SC)cc2)cc1. The van der Waals surface area contributed by atoms with Crippen molar-refractivity contribution >= 4 is 39.1 Å². The van der Waals surface area contributed by atoms with Gasteiger partial charge in [0.25, 0.3) is 10.0 Å². The molecule has 6 nitrogen and oxygen atoms in total. The fraction of sp³-hybridized carbons (Fsp3) is 0.174.